The van der Waals surface area contributed by atoms with Crippen LogP contribution in [0.25, 0.3) is 0 Å². The van der Waals surface area contributed by atoms with Gasteiger partial charge in [-0.3, -0.25) is 4.79 Å². The van der Waals surface area contributed by atoms with Gasteiger partial charge < -0.3 is 23.5 Å². The molecule has 0 unspecified atom stereocenters. The van der Waals surface area contributed by atoms with Gasteiger partial charge in [-0.05, 0) is 17.7 Å². The Morgan fingerprint density at radius 3 is 3.04 bits per heavy atom. The van der Waals surface area contributed by atoms with E-state index in [-0.39, 0.29) is 24.0 Å². The number of likely N-dealkylation sites (tertiary alicyclic amines) is 1. The summed E-state index contributed by atoms with van der Waals surface area (Å²) >= 11 is 0. The van der Waals surface area contributed by atoms with E-state index in [4.69, 9.17) is 18.6 Å². The van der Waals surface area contributed by atoms with Crippen molar-refractivity contribution in [1.29, 1.82) is 0 Å². The molecule has 0 N–H and O–H groups in total. The van der Waals surface area contributed by atoms with Crippen molar-refractivity contribution in [3.63, 3.8) is 0 Å². The molecule has 5 rings (SSSR count). The van der Waals surface area contributed by atoms with E-state index in [2.05, 4.69) is 10.2 Å². The van der Waals surface area contributed by atoms with Crippen LogP contribution in [0.4, 0.5) is 0 Å². The third-order valence-electron chi connectivity index (χ3n) is 5.47. The van der Waals surface area contributed by atoms with Crippen molar-refractivity contribution in [2.75, 3.05) is 33.1 Å². The number of benzene rings is 1. The average molecular weight is 357 g/mol. The molecule has 0 bridgehead atoms. The van der Waals surface area contributed by atoms with Gasteiger partial charge in [0.1, 0.15) is 0 Å². The maximum Gasteiger partial charge on any atom is 0.231 e. The highest BCUT2D eigenvalue weighted by atomic mass is 16.7. The summed E-state index contributed by atoms with van der Waals surface area (Å²) in [5, 5.41) is 8.17. The van der Waals surface area contributed by atoms with E-state index in [1.807, 2.05) is 23.1 Å². The number of hydrogen-bond acceptors (Lipinski definition) is 7. The first kappa shape index (κ1) is 15.6. The number of amides is 1. The second-order valence-corrected chi connectivity index (χ2v) is 7.13. The van der Waals surface area contributed by atoms with Crippen LogP contribution in [0, 0.1) is 12.8 Å². The lowest BCUT2D eigenvalue weighted by atomic mass is 9.81. The van der Waals surface area contributed by atoms with Crippen LogP contribution in [0.3, 0.4) is 0 Å². The Morgan fingerprint density at radius 1 is 1.31 bits per heavy atom. The molecule has 1 amide bonds. The fraction of sp³-hybridized carbons (Fsp3) is 0.500. The lowest BCUT2D eigenvalue weighted by Gasteiger charge is -2.23. The van der Waals surface area contributed by atoms with E-state index < -0.39 is 0 Å². The molecular weight excluding hydrogens is 338 g/mol. The number of aromatic nitrogens is 2. The summed E-state index contributed by atoms with van der Waals surface area (Å²) in [5.41, 5.74) is 0.529. The van der Waals surface area contributed by atoms with Gasteiger partial charge in [-0.2, -0.15) is 0 Å². The molecule has 1 aromatic carbocycles. The maximum atomic E-state index is 12.9. The third kappa shape index (κ3) is 2.36. The van der Waals surface area contributed by atoms with Crippen LogP contribution in [-0.2, 0) is 21.4 Å². The van der Waals surface area contributed by atoms with Gasteiger partial charge in [0.2, 0.25) is 24.5 Å². The predicted molar refractivity (Wildman–Crippen MR) is 87.9 cm³/mol. The average Bonchev–Trinajstić information content (AvgIpc) is 3.36. The van der Waals surface area contributed by atoms with E-state index in [0.29, 0.717) is 50.3 Å². The van der Waals surface area contributed by atoms with E-state index in [1.165, 1.54) is 0 Å². The fourth-order valence-corrected chi connectivity index (χ4v) is 4.06. The summed E-state index contributed by atoms with van der Waals surface area (Å²) in [5.74, 6) is 2.79. The molecule has 0 spiro atoms. The van der Waals surface area contributed by atoms with Gasteiger partial charge in [-0.15, -0.1) is 10.2 Å². The minimum absolute atomic E-state index is 0.0777. The Labute approximate surface area is 150 Å². The van der Waals surface area contributed by atoms with Crippen LogP contribution in [0.2, 0.25) is 0 Å². The minimum atomic E-state index is -0.383. The summed E-state index contributed by atoms with van der Waals surface area (Å²) in [6.07, 6.45) is 0.323. The first-order valence-electron chi connectivity index (χ1n) is 8.69. The van der Waals surface area contributed by atoms with Crippen LogP contribution in [0.1, 0.15) is 17.3 Å². The topological polar surface area (TPSA) is 86.9 Å². The Hall–Kier alpha value is -2.61. The highest BCUT2D eigenvalue weighted by molar-refractivity contribution is 5.79. The lowest BCUT2D eigenvalue weighted by molar-refractivity contribution is -0.130. The van der Waals surface area contributed by atoms with Crippen LogP contribution >= 0.6 is 0 Å². The summed E-state index contributed by atoms with van der Waals surface area (Å²) in [7, 11) is 0. The highest BCUT2D eigenvalue weighted by Gasteiger charge is 2.56. The second kappa shape index (κ2) is 5.70. The smallest absolute Gasteiger partial charge is 0.231 e. The van der Waals surface area contributed by atoms with Crippen molar-refractivity contribution in [1.82, 2.24) is 15.1 Å². The van der Waals surface area contributed by atoms with Crippen molar-refractivity contribution in [3.8, 4) is 11.5 Å². The fourth-order valence-electron chi connectivity index (χ4n) is 4.06. The molecule has 26 heavy (non-hydrogen) atoms. The van der Waals surface area contributed by atoms with Crippen LogP contribution in [-0.4, -0.2) is 54.1 Å². The van der Waals surface area contributed by atoms with E-state index >= 15 is 0 Å². The molecule has 2 fully saturated rings. The molecule has 0 saturated carbocycles. The first-order valence-corrected chi connectivity index (χ1v) is 8.69. The highest BCUT2D eigenvalue weighted by Crippen LogP contribution is 2.43. The monoisotopic (exact) mass is 357 g/mol. The lowest BCUT2D eigenvalue weighted by Crippen LogP contribution is -2.38. The summed E-state index contributed by atoms with van der Waals surface area (Å²) in [6, 6.07) is 5.63. The largest absolute Gasteiger partial charge is 0.454 e. The number of carbonyl (C=O) groups is 1. The Kier molecular flexibility index (Phi) is 3.43. The summed E-state index contributed by atoms with van der Waals surface area (Å²) < 4.78 is 22.1. The van der Waals surface area contributed by atoms with Crippen molar-refractivity contribution in [2.24, 2.45) is 5.92 Å². The molecule has 4 heterocycles. The predicted octanol–water partition coefficient (Wildman–Crippen LogP) is 1.08. The Bertz CT molecular complexity index is 866. The zero-order valence-electron chi connectivity index (χ0n) is 14.4. The maximum absolute atomic E-state index is 12.9. The summed E-state index contributed by atoms with van der Waals surface area (Å²) in [4.78, 5) is 14.8. The van der Waals surface area contributed by atoms with Crippen LogP contribution < -0.4 is 9.47 Å². The molecule has 3 aliphatic heterocycles. The van der Waals surface area contributed by atoms with Crippen LogP contribution in [0.15, 0.2) is 22.6 Å². The molecule has 8 nitrogen and oxygen atoms in total. The van der Waals surface area contributed by atoms with Gasteiger partial charge in [-0.25, -0.2) is 0 Å². The van der Waals surface area contributed by atoms with Gasteiger partial charge in [0.05, 0.1) is 25.0 Å². The Balaban J connectivity index is 1.34. The van der Waals surface area contributed by atoms with Crippen LogP contribution in [0.5, 0.6) is 11.5 Å². The molecule has 8 heteroatoms. The molecule has 0 radical (unpaired) electrons. The molecule has 2 atom stereocenters. The zero-order chi connectivity index (χ0) is 17.7. The van der Waals surface area contributed by atoms with Crippen molar-refractivity contribution in [2.45, 2.75) is 18.8 Å². The SMILES string of the molecule is Cc1nnc([C@]23COC[C@H]2CN(C(=O)Cc2ccc4c(c2)OCO4)C3)o1. The number of ether oxygens (including phenoxy) is 3. The first-order chi connectivity index (χ1) is 12.6. The minimum Gasteiger partial charge on any atom is -0.454 e. The number of fused-ring (bicyclic) bond motifs is 2. The zero-order valence-corrected chi connectivity index (χ0v) is 14.4. The standard InChI is InChI=1S/C18H19N3O5/c1-11-19-20-17(26-11)18-8-21(6-13(18)7-23-9-18)16(22)5-12-2-3-14-15(4-12)25-10-24-14/h2-4,13H,5-10H2,1H3/t13-,18-/m1/s1. The quantitative estimate of drug-likeness (QED) is 0.812. The van der Waals surface area contributed by atoms with E-state index in [1.54, 1.807) is 6.92 Å². The van der Waals surface area contributed by atoms with Crippen molar-refractivity contribution >= 4 is 5.91 Å². The summed E-state index contributed by atoms with van der Waals surface area (Å²) in [6.45, 7) is 4.30. The van der Waals surface area contributed by atoms with Gasteiger partial charge in [0, 0.05) is 25.9 Å². The molecular formula is C18H19N3O5. The van der Waals surface area contributed by atoms with Crippen molar-refractivity contribution in [3.05, 3.63) is 35.5 Å². The molecule has 0 aliphatic carbocycles. The normalized spacial score (nSPS) is 26.3. The Morgan fingerprint density at radius 2 is 2.19 bits per heavy atom. The molecule has 136 valence electrons. The molecule has 3 aliphatic rings. The number of rotatable bonds is 3. The van der Waals surface area contributed by atoms with E-state index in [9.17, 15) is 4.79 Å². The number of hydrogen-bond donors (Lipinski definition) is 0. The van der Waals surface area contributed by atoms with E-state index in [0.717, 1.165) is 11.3 Å². The van der Waals surface area contributed by atoms with Gasteiger partial charge >= 0.3 is 0 Å². The molecule has 2 aromatic rings. The molecule has 2 saturated heterocycles. The molecule has 1 aromatic heterocycles. The number of nitrogens with zero attached hydrogens (tertiary/aromatic N) is 3. The second-order valence-electron chi connectivity index (χ2n) is 7.13. The third-order valence-corrected chi connectivity index (χ3v) is 5.47. The number of carbonyl (C=O) groups excluding carboxylic acids is 1. The number of aryl methyl sites for hydroxylation is 1. The van der Waals surface area contributed by atoms with Gasteiger partial charge in [0.25, 0.3) is 0 Å². The van der Waals surface area contributed by atoms with Gasteiger partial charge in [-0.1, -0.05) is 6.07 Å². The van der Waals surface area contributed by atoms with Crippen molar-refractivity contribution < 1.29 is 23.4 Å². The van der Waals surface area contributed by atoms with Gasteiger partial charge in [0.15, 0.2) is 11.5 Å².